The number of aromatic nitrogens is 1. The molecule has 6 heteroatoms. The van der Waals surface area contributed by atoms with Crippen LogP contribution >= 0.6 is 0 Å². The van der Waals surface area contributed by atoms with Crippen molar-refractivity contribution in [2.24, 2.45) is 4.99 Å². The summed E-state index contributed by atoms with van der Waals surface area (Å²) in [5.41, 5.74) is 11.2. The zero-order chi connectivity index (χ0) is 40.7. The Morgan fingerprint density at radius 1 is 0.541 bits per heavy atom. The van der Waals surface area contributed by atoms with Gasteiger partial charge < -0.3 is 19.5 Å². The van der Waals surface area contributed by atoms with Crippen LogP contribution in [0.4, 0.5) is 17.1 Å². The first kappa shape index (κ1) is 35.9. The van der Waals surface area contributed by atoms with Gasteiger partial charge in [-0.3, -0.25) is 10.4 Å². The van der Waals surface area contributed by atoms with E-state index >= 15 is 0 Å². The van der Waals surface area contributed by atoms with Gasteiger partial charge in [0.1, 0.15) is 12.0 Å². The number of nitrogens with zero attached hydrogens (tertiary/aromatic N) is 3. The molecule has 10 aromatic rings. The van der Waals surface area contributed by atoms with E-state index in [9.17, 15) is 0 Å². The summed E-state index contributed by atoms with van der Waals surface area (Å²) in [5.74, 6) is 1.94. The van der Waals surface area contributed by atoms with Crippen molar-refractivity contribution in [2.45, 2.75) is 6.17 Å². The third-order valence-electron chi connectivity index (χ3n) is 11.5. The average Bonchev–Trinajstić information content (AvgIpc) is 3.67. The number of fused-ring (bicyclic) bond motifs is 7. The van der Waals surface area contributed by atoms with Gasteiger partial charge in [0.15, 0.2) is 11.5 Å². The average molecular weight is 786 g/mol. The second-order valence-electron chi connectivity index (χ2n) is 15.2. The second-order valence-corrected chi connectivity index (χ2v) is 15.2. The highest BCUT2D eigenvalue weighted by atomic mass is 16.5. The molecule has 0 radical (unpaired) electrons. The molecule has 0 spiro atoms. The van der Waals surface area contributed by atoms with Gasteiger partial charge in [-0.25, -0.2) is 0 Å². The molecule has 11 rings (SSSR count). The predicted molar refractivity (Wildman–Crippen MR) is 252 cm³/mol. The number of anilines is 3. The van der Waals surface area contributed by atoms with Gasteiger partial charge in [0.2, 0.25) is 0 Å². The molecule has 0 saturated heterocycles. The summed E-state index contributed by atoms with van der Waals surface area (Å²) in [5, 5.41) is 17.2. The lowest BCUT2D eigenvalue weighted by atomic mass is 9.99. The molecule has 2 N–H and O–H groups in total. The van der Waals surface area contributed by atoms with Crippen molar-refractivity contribution in [1.82, 2.24) is 9.88 Å². The van der Waals surface area contributed by atoms with E-state index in [0.717, 1.165) is 78.5 Å². The number of hydrogen-bond donors (Lipinski definition) is 2. The molecule has 1 atom stereocenters. The first-order chi connectivity index (χ1) is 30.2. The van der Waals surface area contributed by atoms with E-state index in [0.29, 0.717) is 5.84 Å². The first-order valence-corrected chi connectivity index (χ1v) is 20.5. The second kappa shape index (κ2) is 15.2. The zero-order valence-corrected chi connectivity index (χ0v) is 33.1. The number of ether oxygens (including phenoxy) is 1. The van der Waals surface area contributed by atoms with Crippen molar-refractivity contribution >= 4 is 61.7 Å². The number of nitrogens with one attached hydrogen (secondary N) is 2. The van der Waals surface area contributed by atoms with Crippen LogP contribution in [0.2, 0.25) is 0 Å². The van der Waals surface area contributed by atoms with Gasteiger partial charge >= 0.3 is 0 Å². The molecule has 61 heavy (non-hydrogen) atoms. The van der Waals surface area contributed by atoms with Crippen LogP contribution in [0.15, 0.2) is 217 Å². The fraction of sp³-hybridized carbons (Fsp3) is 0.0182. The normalized spacial score (nSPS) is 12.6. The molecule has 1 aliphatic heterocycles. The Bertz CT molecular complexity index is 3280. The molecule has 1 unspecified atom stereocenters. The first-order valence-electron chi connectivity index (χ1n) is 20.5. The van der Waals surface area contributed by atoms with Gasteiger partial charge in [0.05, 0.1) is 22.4 Å². The zero-order valence-electron chi connectivity index (χ0n) is 33.1. The van der Waals surface area contributed by atoms with Crippen LogP contribution in [0.1, 0.15) is 22.9 Å². The van der Waals surface area contributed by atoms with Gasteiger partial charge in [-0.05, 0) is 99.8 Å². The Kier molecular flexibility index (Phi) is 8.94. The van der Waals surface area contributed by atoms with Crippen LogP contribution in [0.5, 0.6) is 11.5 Å². The Labute approximate surface area is 353 Å². The summed E-state index contributed by atoms with van der Waals surface area (Å²) < 4.78 is 8.97. The van der Waals surface area contributed by atoms with Crippen LogP contribution in [0, 0.1) is 5.41 Å². The number of benzene rings is 9. The summed E-state index contributed by atoms with van der Waals surface area (Å²) >= 11 is 0. The topological polar surface area (TPSA) is 65.6 Å². The van der Waals surface area contributed by atoms with Crippen LogP contribution in [0.25, 0.3) is 49.4 Å². The molecule has 2 heterocycles. The summed E-state index contributed by atoms with van der Waals surface area (Å²) in [6.45, 7) is 0. The van der Waals surface area contributed by atoms with E-state index in [1.807, 2.05) is 85.1 Å². The van der Waals surface area contributed by atoms with Gasteiger partial charge in [0.25, 0.3) is 0 Å². The molecule has 1 aliphatic rings. The maximum atomic E-state index is 9.00. The molecule has 6 nitrogen and oxygen atoms in total. The lowest BCUT2D eigenvalue weighted by Crippen LogP contribution is -2.27. The van der Waals surface area contributed by atoms with Crippen LogP contribution in [-0.4, -0.2) is 16.6 Å². The van der Waals surface area contributed by atoms with Gasteiger partial charge in [-0.2, -0.15) is 0 Å². The van der Waals surface area contributed by atoms with Crippen molar-refractivity contribution in [3.05, 3.63) is 229 Å². The van der Waals surface area contributed by atoms with Crippen molar-refractivity contribution in [3.8, 4) is 28.3 Å². The molecule has 0 saturated carbocycles. The number of amidine groups is 1. The van der Waals surface area contributed by atoms with E-state index in [4.69, 9.17) is 15.1 Å². The molecule has 1 aromatic heterocycles. The lowest BCUT2D eigenvalue weighted by molar-refractivity contribution is 0.477. The molecular formula is C55H39N5O. The smallest absolute Gasteiger partial charge is 0.152 e. The van der Waals surface area contributed by atoms with Crippen LogP contribution in [0.3, 0.4) is 0 Å². The van der Waals surface area contributed by atoms with E-state index in [1.54, 1.807) is 0 Å². The Morgan fingerprint density at radius 3 is 2.07 bits per heavy atom. The number of hydrogen-bond acceptors (Lipinski definition) is 4. The Morgan fingerprint density at radius 2 is 1.21 bits per heavy atom. The summed E-state index contributed by atoms with van der Waals surface area (Å²) in [6.07, 6.45) is 1.37. The summed E-state index contributed by atoms with van der Waals surface area (Å²) in [6, 6.07) is 73.4. The maximum Gasteiger partial charge on any atom is 0.152 e. The van der Waals surface area contributed by atoms with Crippen LogP contribution in [-0.2, 0) is 0 Å². The molecule has 9 aromatic carbocycles. The molecular weight excluding hydrogens is 747 g/mol. The van der Waals surface area contributed by atoms with Crippen molar-refractivity contribution < 1.29 is 4.74 Å². The van der Waals surface area contributed by atoms with Crippen molar-refractivity contribution in [3.63, 3.8) is 0 Å². The SMILES string of the molecule is N=C(NC(N=Cc1ccccc1)c1cccc(-n2c3ccc(-c4ccc5c(c4)Oc4ccccc4N5c4ccccc4)cc3c3c4ccccc4ccc32)c1)c1ccccc1. The van der Waals surface area contributed by atoms with Gasteiger partial charge in [-0.15, -0.1) is 0 Å². The molecule has 0 amide bonds. The number of rotatable bonds is 8. The number of aliphatic imine (C=N–C) groups is 1. The highest BCUT2D eigenvalue weighted by molar-refractivity contribution is 6.22. The Balaban J connectivity index is 1.04. The third-order valence-corrected chi connectivity index (χ3v) is 11.5. The standard InChI is InChI=1S/C55H39N5O/c56-54(39-18-6-2-7-19-39)58-55(57-36-37-15-4-1-5-16-37)42-20-14-23-44(33-42)60-47-30-28-40(34-46(47)53-45-24-11-10-17-38(45)27-32-50(53)60)41-29-31-49-52(35-41)61-51-26-13-12-25-48(51)59(49)43-21-8-3-9-22-43/h1-36,55H,(H2,56,58). The van der Waals surface area contributed by atoms with E-state index in [1.165, 1.54) is 16.2 Å². The third kappa shape index (κ3) is 6.57. The minimum Gasteiger partial charge on any atom is -0.453 e. The molecule has 290 valence electrons. The van der Waals surface area contributed by atoms with E-state index < -0.39 is 6.17 Å². The minimum absolute atomic E-state index is 0.307. The number of para-hydroxylation sites is 3. The lowest BCUT2D eigenvalue weighted by Gasteiger charge is -2.33. The van der Waals surface area contributed by atoms with Crippen molar-refractivity contribution in [2.75, 3.05) is 4.90 Å². The largest absolute Gasteiger partial charge is 0.453 e. The molecule has 0 bridgehead atoms. The van der Waals surface area contributed by atoms with E-state index in [-0.39, 0.29) is 0 Å². The quantitative estimate of drug-likeness (QED) is 0.119. The predicted octanol–water partition coefficient (Wildman–Crippen LogP) is 13.9. The summed E-state index contributed by atoms with van der Waals surface area (Å²) in [7, 11) is 0. The van der Waals surface area contributed by atoms with Gasteiger partial charge in [0, 0.05) is 33.9 Å². The highest BCUT2D eigenvalue weighted by Gasteiger charge is 2.26. The monoisotopic (exact) mass is 785 g/mol. The maximum absolute atomic E-state index is 9.00. The molecule has 0 aliphatic carbocycles. The van der Waals surface area contributed by atoms with E-state index in [2.05, 4.69) is 148 Å². The summed E-state index contributed by atoms with van der Waals surface area (Å²) in [4.78, 5) is 7.30. The minimum atomic E-state index is -0.510. The Hall–Kier alpha value is -8.22. The van der Waals surface area contributed by atoms with Crippen LogP contribution < -0.4 is 15.0 Å². The van der Waals surface area contributed by atoms with Gasteiger partial charge in [-0.1, -0.05) is 146 Å². The fourth-order valence-corrected chi connectivity index (χ4v) is 8.61. The molecule has 0 fully saturated rings. The highest BCUT2D eigenvalue weighted by Crippen LogP contribution is 2.51. The van der Waals surface area contributed by atoms with Crippen molar-refractivity contribution in [1.29, 1.82) is 5.41 Å². The fourth-order valence-electron chi connectivity index (χ4n) is 8.61.